The van der Waals surface area contributed by atoms with Gasteiger partial charge in [-0.25, -0.2) is 0 Å². The van der Waals surface area contributed by atoms with Gasteiger partial charge in [0.05, 0.1) is 25.7 Å². The number of carbonyl (C=O) groups is 1. The van der Waals surface area contributed by atoms with Crippen LogP contribution in [-0.4, -0.2) is 43.5 Å². The van der Waals surface area contributed by atoms with Crippen LogP contribution in [0.2, 0.25) is 5.02 Å². The molecule has 0 unspecified atom stereocenters. The van der Waals surface area contributed by atoms with E-state index in [9.17, 15) is 14.9 Å². The number of likely N-dealkylation sites (N-methyl/N-ethyl adjacent to an activating group) is 1. The number of hydrogen-bond acceptors (Lipinski definition) is 6. The fraction of sp³-hybridized carbons (Fsp3) is 0.278. The molecule has 0 radical (unpaired) electrons. The SMILES string of the molecule is COc1ccc(CN(C)CC(=O)Nc2ccc(Cl)c([N+](=O)[O-])c2)cc1OC. The van der Waals surface area contributed by atoms with E-state index >= 15 is 0 Å². The molecule has 0 bridgehead atoms. The minimum atomic E-state index is -0.596. The Morgan fingerprint density at radius 3 is 2.52 bits per heavy atom. The number of anilines is 1. The Labute approximate surface area is 161 Å². The van der Waals surface area contributed by atoms with Crippen LogP contribution in [0.15, 0.2) is 36.4 Å². The maximum atomic E-state index is 12.2. The van der Waals surface area contributed by atoms with Crippen LogP contribution < -0.4 is 14.8 Å². The van der Waals surface area contributed by atoms with E-state index < -0.39 is 4.92 Å². The van der Waals surface area contributed by atoms with Crippen LogP contribution in [0.25, 0.3) is 0 Å². The number of nitro benzene ring substituents is 1. The van der Waals surface area contributed by atoms with Crippen molar-refractivity contribution in [3.8, 4) is 11.5 Å². The monoisotopic (exact) mass is 393 g/mol. The molecular weight excluding hydrogens is 374 g/mol. The zero-order valence-corrected chi connectivity index (χ0v) is 15.9. The smallest absolute Gasteiger partial charge is 0.289 e. The average Bonchev–Trinajstić information content (AvgIpc) is 2.62. The van der Waals surface area contributed by atoms with Gasteiger partial charge in [-0.2, -0.15) is 0 Å². The van der Waals surface area contributed by atoms with Gasteiger partial charge >= 0.3 is 0 Å². The second kappa shape index (κ2) is 9.20. The van der Waals surface area contributed by atoms with E-state index in [0.717, 1.165) is 5.56 Å². The van der Waals surface area contributed by atoms with Crippen molar-refractivity contribution < 1.29 is 19.2 Å². The number of benzene rings is 2. The number of nitrogens with zero attached hydrogens (tertiary/aromatic N) is 2. The largest absolute Gasteiger partial charge is 0.493 e. The third-order valence-corrected chi connectivity index (χ3v) is 4.06. The van der Waals surface area contributed by atoms with E-state index in [1.807, 2.05) is 12.1 Å². The Morgan fingerprint density at radius 2 is 1.89 bits per heavy atom. The number of rotatable bonds is 8. The van der Waals surface area contributed by atoms with E-state index in [-0.39, 0.29) is 23.2 Å². The number of ether oxygens (including phenoxy) is 2. The van der Waals surface area contributed by atoms with Crippen molar-refractivity contribution in [2.24, 2.45) is 0 Å². The predicted octanol–water partition coefficient (Wildman–Crippen LogP) is 3.34. The summed E-state index contributed by atoms with van der Waals surface area (Å²) in [6.07, 6.45) is 0. The normalized spacial score (nSPS) is 10.6. The van der Waals surface area contributed by atoms with Crippen molar-refractivity contribution in [2.45, 2.75) is 6.54 Å². The van der Waals surface area contributed by atoms with E-state index in [4.69, 9.17) is 21.1 Å². The molecular formula is C18H20ClN3O5. The zero-order chi connectivity index (χ0) is 20.0. The Morgan fingerprint density at radius 1 is 1.19 bits per heavy atom. The topological polar surface area (TPSA) is 93.9 Å². The molecule has 0 fully saturated rings. The van der Waals surface area contributed by atoms with Gasteiger partial charge in [-0.05, 0) is 36.9 Å². The molecule has 0 heterocycles. The van der Waals surface area contributed by atoms with Crippen LogP contribution in [0.1, 0.15) is 5.56 Å². The lowest BCUT2D eigenvalue weighted by Crippen LogP contribution is -2.29. The van der Waals surface area contributed by atoms with E-state index in [1.54, 1.807) is 32.2 Å². The minimum Gasteiger partial charge on any atom is -0.493 e. The lowest BCUT2D eigenvalue weighted by Gasteiger charge is -2.17. The highest BCUT2D eigenvalue weighted by Crippen LogP contribution is 2.28. The second-order valence-electron chi connectivity index (χ2n) is 5.83. The average molecular weight is 394 g/mol. The molecule has 2 rings (SSSR count). The lowest BCUT2D eigenvalue weighted by molar-refractivity contribution is -0.384. The predicted molar refractivity (Wildman–Crippen MR) is 103 cm³/mol. The van der Waals surface area contributed by atoms with E-state index in [2.05, 4.69) is 5.32 Å². The summed E-state index contributed by atoms with van der Waals surface area (Å²) in [5, 5.41) is 13.6. The van der Waals surface area contributed by atoms with Gasteiger partial charge in [0.25, 0.3) is 5.69 Å². The van der Waals surface area contributed by atoms with Gasteiger partial charge < -0.3 is 14.8 Å². The second-order valence-corrected chi connectivity index (χ2v) is 6.24. The molecule has 0 atom stereocenters. The number of nitro groups is 1. The molecule has 2 aromatic carbocycles. The van der Waals surface area contributed by atoms with E-state index in [0.29, 0.717) is 23.7 Å². The van der Waals surface area contributed by atoms with Gasteiger partial charge in [-0.3, -0.25) is 19.8 Å². The molecule has 0 spiro atoms. The van der Waals surface area contributed by atoms with Crippen molar-refractivity contribution in [1.82, 2.24) is 4.90 Å². The van der Waals surface area contributed by atoms with Gasteiger partial charge in [0, 0.05) is 18.3 Å². The fourth-order valence-electron chi connectivity index (χ4n) is 2.52. The summed E-state index contributed by atoms with van der Waals surface area (Å²) < 4.78 is 10.5. The van der Waals surface area contributed by atoms with Gasteiger partial charge in [-0.15, -0.1) is 0 Å². The number of nitrogens with one attached hydrogen (secondary N) is 1. The maximum absolute atomic E-state index is 12.2. The molecule has 2 aromatic rings. The summed E-state index contributed by atoms with van der Waals surface area (Å²) in [5.74, 6) is 0.946. The van der Waals surface area contributed by atoms with Crippen LogP contribution in [0.3, 0.4) is 0 Å². The molecule has 27 heavy (non-hydrogen) atoms. The lowest BCUT2D eigenvalue weighted by atomic mass is 10.2. The van der Waals surface area contributed by atoms with Gasteiger partial charge in [-0.1, -0.05) is 17.7 Å². The molecule has 0 aliphatic carbocycles. The Hall–Kier alpha value is -2.84. The number of methoxy groups -OCH3 is 2. The van der Waals surface area contributed by atoms with Crippen molar-refractivity contribution >= 4 is 28.9 Å². The highest BCUT2D eigenvalue weighted by molar-refractivity contribution is 6.32. The van der Waals surface area contributed by atoms with E-state index in [1.165, 1.54) is 18.2 Å². The summed E-state index contributed by atoms with van der Waals surface area (Å²) in [4.78, 5) is 24.3. The molecule has 0 aromatic heterocycles. The number of halogens is 1. The molecule has 0 saturated carbocycles. The van der Waals surface area contributed by atoms with Crippen LogP contribution in [-0.2, 0) is 11.3 Å². The summed E-state index contributed by atoms with van der Waals surface area (Å²) in [7, 11) is 4.92. The molecule has 0 saturated heterocycles. The molecule has 0 aliphatic rings. The zero-order valence-electron chi connectivity index (χ0n) is 15.2. The number of amides is 1. The van der Waals surface area contributed by atoms with Crippen LogP contribution in [0, 0.1) is 10.1 Å². The minimum absolute atomic E-state index is 0.0172. The summed E-state index contributed by atoms with van der Waals surface area (Å²) >= 11 is 5.77. The van der Waals surface area contributed by atoms with Crippen molar-refractivity contribution in [2.75, 3.05) is 33.1 Å². The summed E-state index contributed by atoms with van der Waals surface area (Å²) in [6.45, 7) is 0.610. The first kappa shape index (κ1) is 20.5. The van der Waals surface area contributed by atoms with Gasteiger partial charge in [0.15, 0.2) is 11.5 Å². The third kappa shape index (κ3) is 5.57. The van der Waals surface area contributed by atoms with Crippen molar-refractivity contribution in [3.05, 3.63) is 57.1 Å². The number of carbonyl (C=O) groups excluding carboxylic acids is 1. The summed E-state index contributed by atoms with van der Waals surface area (Å²) in [6, 6.07) is 9.65. The quantitative estimate of drug-likeness (QED) is 0.546. The highest BCUT2D eigenvalue weighted by atomic mass is 35.5. The summed E-state index contributed by atoms with van der Waals surface area (Å²) in [5.41, 5.74) is 1.01. The van der Waals surface area contributed by atoms with Crippen LogP contribution >= 0.6 is 11.6 Å². The Bertz CT molecular complexity index is 844. The molecule has 9 heteroatoms. The van der Waals surface area contributed by atoms with Crippen LogP contribution in [0.4, 0.5) is 11.4 Å². The first-order valence-corrected chi connectivity index (χ1v) is 8.35. The van der Waals surface area contributed by atoms with Crippen LogP contribution in [0.5, 0.6) is 11.5 Å². The number of hydrogen-bond donors (Lipinski definition) is 1. The van der Waals surface area contributed by atoms with Crippen molar-refractivity contribution in [3.63, 3.8) is 0 Å². The molecule has 8 nitrogen and oxygen atoms in total. The molecule has 0 aliphatic heterocycles. The third-order valence-electron chi connectivity index (χ3n) is 3.74. The molecule has 1 amide bonds. The first-order valence-electron chi connectivity index (χ1n) is 7.97. The maximum Gasteiger partial charge on any atom is 0.289 e. The fourth-order valence-corrected chi connectivity index (χ4v) is 2.71. The highest BCUT2D eigenvalue weighted by Gasteiger charge is 2.15. The molecule has 144 valence electrons. The molecule has 1 N–H and O–H groups in total. The standard InChI is InChI=1S/C18H20ClN3O5/c1-21(10-12-4-7-16(26-2)17(8-12)27-3)11-18(23)20-13-5-6-14(19)15(9-13)22(24)25/h4-9H,10-11H2,1-3H3,(H,20,23). The Kier molecular flexibility index (Phi) is 6.98. The van der Waals surface area contributed by atoms with Gasteiger partial charge in [0.1, 0.15) is 5.02 Å². The van der Waals surface area contributed by atoms with Crippen molar-refractivity contribution in [1.29, 1.82) is 0 Å². The first-order chi connectivity index (χ1) is 12.8. The Balaban J connectivity index is 1.98. The van der Waals surface area contributed by atoms with Gasteiger partial charge in [0.2, 0.25) is 5.91 Å².